The Kier molecular flexibility index (Phi) is 2.44. The number of hydrogen-bond acceptors (Lipinski definition) is 2. The molecule has 0 bridgehead atoms. The van der Waals surface area contributed by atoms with Crippen molar-refractivity contribution in [3.63, 3.8) is 0 Å². The maximum atomic E-state index is 4.12. The van der Waals surface area contributed by atoms with Crippen LogP contribution in [0, 0.1) is 0 Å². The molecule has 0 saturated carbocycles. The van der Waals surface area contributed by atoms with Gasteiger partial charge < -0.3 is 9.88 Å². The van der Waals surface area contributed by atoms with Crippen molar-refractivity contribution in [2.75, 3.05) is 11.9 Å². The number of imidazole rings is 1. The third kappa shape index (κ3) is 1.70. The van der Waals surface area contributed by atoms with Gasteiger partial charge >= 0.3 is 0 Å². The minimum atomic E-state index is 0.222. The molecule has 0 aliphatic carbocycles. The van der Waals surface area contributed by atoms with Gasteiger partial charge in [-0.2, -0.15) is 0 Å². The van der Waals surface area contributed by atoms with Gasteiger partial charge in [-0.05, 0) is 24.1 Å². The first-order valence-electron chi connectivity index (χ1n) is 6.44. The lowest BCUT2D eigenvalue weighted by atomic mass is 9.85. The van der Waals surface area contributed by atoms with Crippen LogP contribution in [0.2, 0.25) is 0 Å². The second kappa shape index (κ2) is 3.87. The molecule has 0 radical (unpaired) electrons. The Bertz CT molecular complexity index is 555. The lowest BCUT2D eigenvalue weighted by molar-refractivity contribution is 0.581. The molecule has 3 rings (SSSR count). The number of nitrogens with one attached hydrogen (secondary N) is 1. The number of anilines is 1. The molecule has 2 aromatic rings. The van der Waals surface area contributed by atoms with Crippen LogP contribution >= 0.6 is 0 Å². The summed E-state index contributed by atoms with van der Waals surface area (Å²) >= 11 is 0. The Hall–Kier alpha value is -1.77. The van der Waals surface area contributed by atoms with Gasteiger partial charge in [0.2, 0.25) is 0 Å². The standard InChI is InChI=1S/C15H19N3/c1-11(18-7-6-16-10-18)12-4-5-14-13(8-12)15(2,3)9-17-14/h4-8,10-11,17H,9H2,1-3H3. The summed E-state index contributed by atoms with van der Waals surface area (Å²) in [5, 5.41) is 3.47. The van der Waals surface area contributed by atoms with E-state index >= 15 is 0 Å². The van der Waals surface area contributed by atoms with E-state index in [1.807, 2.05) is 18.7 Å². The van der Waals surface area contributed by atoms with E-state index in [1.165, 1.54) is 16.8 Å². The van der Waals surface area contributed by atoms with Gasteiger partial charge in [0, 0.05) is 30.0 Å². The van der Waals surface area contributed by atoms with Gasteiger partial charge in [-0.15, -0.1) is 0 Å². The minimum Gasteiger partial charge on any atom is -0.384 e. The van der Waals surface area contributed by atoms with Crippen molar-refractivity contribution in [2.24, 2.45) is 0 Å². The first kappa shape index (κ1) is 11.3. The second-order valence-corrected chi connectivity index (χ2v) is 5.73. The fraction of sp³-hybridized carbons (Fsp3) is 0.400. The van der Waals surface area contributed by atoms with Crippen molar-refractivity contribution >= 4 is 5.69 Å². The number of rotatable bonds is 2. The molecule has 2 heterocycles. The normalized spacial score (nSPS) is 18.2. The number of fused-ring (bicyclic) bond motifs is 1. The molecule has 1 aromatic carbocycles. The van der Waals surface area contributed by atoms with Gasteiger partial charge in [-0.25, -0.2) is 4.98 Å². The molecule has 0 spiro atoms. The predicted molar refractivity (Wildman–Crippen MR) is 74.0 cm³/mol. The lowest BCUT2D eigenvalue weighted by Gasteiger charge is -2.20. The summed E-state index contributed by atoms with van der Waals surface area (Å²) in [5.41, 5.74) is 4.26. The molecule has 0 fully saturated rings. The van der Waals surface area contributed by atoms with E-state index in [9.17, 15) is 0 Å². The highest BCUT2D eigenvalue weighted by Crippen LogP contribution is 2.37. The van der Waals surface area contributed by atoms with Crippen LogP contribution in [-0.2, 0) is 5.41 Å². The first-order chi connectivity index (χ1) is 8.58. The summed E-state index contributed by atoms with van der Waals surface area (Å²) < 4.78 is 2.14. The van der Waals surface area contributed by atoms with E-state index < -0.39 is 0 Å². The van der Waals surface area contributed by atoms with Crippen molar-refractivity contribution in [1.29, 1.82) is 0 Å². The van der Waals surface area contributed by atoms with Crippen LogP contribution in [0.4, 0.5) is 5.69 Å². The van der Waals surface area contributed by atoms with Crippen LogP contribution in [0.1, 0.15) is 37.9 Å². The first-order valence-corrected chi connectivity index (χ1v) is 6.44. The number of benzene rings is 1. The van der Waals surface area contributed by atoms with E-state index in [0.717, 1.165) is 6.54 Å². The molecular weight excluding hydrogens is 222 g/mol. The smallest absolute Gasteiger partial charge is 0.0951 e. The Morgan fingerprint density at radius 1 is 1.39 bits per heavy atom. The highest BCUT2D eigenvalue weighted by molar-refractivity contribution is 5.61. The monoisotopic (exact) mass is 241 g/mol. The molecule has 1 N–H and O–H groups in total. The molecule has 1 aliphatic rings. The third-order valence-electron chi connectivity index (χ3n) is 3.95. The van der Waals surface area contributed by atoms with Crippen LogP contribution in [0.3, 0.4) is 0 Å². The van der Waals surface area contributed by atoms with Crippen LogP contribution in [-0.4, -0.2) is 16.1 Å². The molecule has 3 heteroatoms. The predicted octanol–water partition coefficient (Wildman–Crippen LogP) is 3.20. The maximum absolute atomic E-state index is 4.12. The fourth-order valence-electron chi connectivity index (χ4n) is 2.62. The van der Waals surface area contributed by atoms with Crippen molar-refractivity contribution in [3.8, 4) is 0 Å². The van der Waals surface area contributed by atoms with Gasteiger partial charge in [0.25, 0.3) is 0 Å². The Morgan fingerprint density at radius 3 is 2.94 bits per heavy atom. The van der Waals surface area contributed by atoms with Crippen molar-refractivity contribution in [1.82, 2.24) is 9.55 Å². The zero-order valence-corrected chi connectivity index (χ0v) is 11.1. The topological polar surface area (TPSA) is 29.9 Å². The van der Waals surface area contributed by atoms with Gasteiger partial charge in [-0.3, -0.25) is 0 Å². The van der Waals surface area contributed by atoms with Gasteiger partial charge in [0.05, 0.1) is 12.4 Å². The number of aromatic nitrogens is 2. The lowest BCUT2D eigenvalue weighted by Crippen LogP contribution is -2.19. The Morgan fingerprint density at radius 2 is 2.22 bits per heavy atom. The fourth-order valence-corrected chi connectivity index (χ4v) is 2.62. The van der Waals surface area contributed by atoms with E-state index in [2.05, 4.69) is 53.8 Å². The summed E-state index contributed by atoms with van der Waals surface area (Å²) in [7, 11) is 0. The van der Waals surface area contributed by atoms with Crippen LogP contribution in [0.5, 0.6) is 0 Å². The van der Waals surface area contributed by atoms with E-state index in [4.69, 9.17) is 0 Å². The zero-order valence-electron chi connectivity index (χ0n) is 11.1. The van der Waals surface area contributed by atoms with Gasteiger partial charge in [0.15, 0.2) is 0 Å². The average molecular weight is 241 g/mol. The summed E-state index contributed by atoms with van der Waals surface area (Å²) in [4.78, 5) is 4.12. The van der Waals surface area contributed by atoms with Crippen LogP contribution < -0.4 is 5.32 Å². The number of nitrogens with zero attached hydrogens (tertiary/aromatic N) is 2. The molecule has 18 heavy (non-hydrogen) atoms. The molecule has 1 aromatic heterocycles. The van der Waals surface area contributed by atoms with E-state index in [1.54, 1.807) is 0 Å². The molecule has 0 saturated heterocycles. The number of hydrogen-bond donors (Lipinski definition) is 1. The molecule has 0 amide bonds. The SMILES string of the molecule is CC(c1ccc2c(c1)C(C)(C)CN2)n1ccnc1. The third-order valence-corrected chi connectivity index (χ3v) is 3.95. The Balaban J connectivity index is 2.00. The van der Waals surface area contributed by atoms with E-state index in [0.29, 0.717) is 6.04 Å². The van der Waals surface area contributed by atoms with Crippen molar-refractivity contribution in [2.45, 2.75) is 32.2 Å². The Labute approximate surface area is 108 Å². The molecule has 1 aliphatic heterocycles. The maximum Gasteiger partial charge on any atom is 0.0951 e. The summed E-state index contributed by atoms with van der Waals surface area (Å²) in [6.45, 7) is 7.80. The quantitative estimate of drug-likeness (QED) is 0.875. The summed E-state index contributed by atoms with van der Waals surface area (Å²) in [5.74, 6) is 0. The molecule has 94 valence electrons. The van der Waals surface area contributed by atoms with Crippen LogP contribution in [0.25, 0.3) is 0 Å². The minimum absolute atomic E-state index is 0.222. The van der Waals surface area contributed by atoms with Gasteiger partial charge in [-0.1, -0.05) is 26.0 Å². The van der Waals surface area contributed by atoms with Gasteiger partial charge in [0.1, 0.15) is 0 Å². The molecule has 1 unspecified atom stereocenters. The highest BCUT2D eigenvalue weighted by Gasteiger charge is 2.30. The summed E-state index contributed by atoms with van der Waals surface area (Å²) in [6.07, 6.45) is 5.72. The van der Waals surface area contributed by atoms with Crippen molar-refractivity contribution < 1.29 is 0 Å². The molecule has 3 nitrogen and oxygen atoms in total. The second-order valence-electron chi connectivity index (χ2n) is 5.73. The molecular formula is C15H19N3. The largest absolute Gasteiger partial charge is 0.384 e. The summed E-state index contributed by atoms with van der Waals surface area (Å²) in [6, 6.07) is 7.07. The highest BCUT2D eigenvalue weighted by atomic mass is 15.0. The van der Waals surface area contributed by atoms with Crippen molar-refractivity contribution in [3.05, 3.63) is 48.0 Å². The van der Waals surface area contributed by atoms with E-state index in [-0.39, 0.29) is 5.41 Å². The molecule has 1 atom stereocenters. The van der Waals surface area contributed by atoms with Crippen LogP contribution in [0.15, 0.2) is 36.9 Å². The average Bonchev–Trinajstić information content (AvgIpc) is 2.97. The zero-order chi connectivity index (χ0) is 12.8.